The molecule has 0 radical (unpaired) electrons. The number of amides is 2. The molecule has 1 aliphatic heterocycles. The fourth-order valence-electron chi connectivity index (χ4n) is 3.51. The Hall–Kier alpha value is -3.92. The van der Waals surface area contributed by atoms with Gasteiger partial charge in [-0.1, -0.05) is 47.5 Å². The molecule has 37 heavy (non-hydrogen) atoms. The van der Waals surface area contributed by atoms with Gasteiger partial charge in [-0.15, -0.1) is 0 Å². The number of carbonyl (C=O) groups is 3. The molecule has 1 heterocycles. The quantitative estimate of drug-likeness (QED) is 0.236. The van der Waals surface area contributed by atoms with Crippen molar-refractivity contribution in [1.82, 2.24) is 5.32 Å². The lowest BCUT2D eigenvalue weighted by atomic mass is 10.1. The summed E-state index contributed by atoms with van der Waals surface area (Å²) in [6.45, 7) is 0.171. The van der Waals surface area contributed by atoms with Crippen LogP contribution < -0.4 is 19.7 Å². The number of aromatic carboxylic acids is 1. The molecule has 2 amide bonds. The third-order valence-corrected chi connectivity index (χ3v) is 6.46. The van der Waals surface area contributed by atoms with Crippen LogP contribution in [0.1, 0.15) is 21.5 Å². The molecule has 0 bridgehead atoms. The minimum Gasteiger partial charge on any atom is -0.493 e. The third kappa shape index (κ3) is 5.59. The highest BCUT2D eigenvalue weighted by molar-refractivity contribution is 7.80. The first-order chi connectivity index (χ1) is 17.7. The van der Waals surface area contributed by atoms with Crippen LogP contribution in [0.15, 0.2) is 66.2 Å². The van der Waals surface area contributed by atoms with Crippen molar-refractivity contribution >= 4 is 70.1 Å². The first-order valence-electron chi connectivity index (χ1n) is 10.7. The molecule has 1 fully saturated rings. The number of halogens is 2. The van der Waals surface area contributed by atoms with Crippen LogP contribution in [0.25, 0.3) is 6.08 Å². The average molecular weight is 557 g/mol. The number of nitrogens with zero attached hydrogens (tertiary/aromatic N) is 1. The Morgan fingerprint density at radius 3 is 2.49 bits per heavy atom. The lowest BCUT2D eigenvalue weighted by Crippen LogP contribution is -2.54. The van der Waals surface area contributed by atoms with E-state index in [1.54, 1.807) is 48.5 Å². The Balaban J connectivity index is 1.58. The van der Waals surface area contributed by atoms with Crippen LogP contribution in [-0.4, -0.2) is 35.1 Å². The van der Waals surface area contributed by atoms with E-state index in [2.05, 4.69) is 5.32 Å². The molecule has 188 valence electrons. The van der Waals surface area contributed by atoms with E-state index in [0.717, 1.165) is 10.5 Å². The van der Waals surface area contributed by atoms with Crippen LogP contribution in [0.4, 0.5) is 5.69 Å². The van der Waals surface area contributed by atoms with Crippen molar-refractivity contribution in [2.75, 3.05) is 12.0 Å². The molecule has 1 aliphatic rings. The first kappa shape index (κ1) is 26.2. The maximum absolute atomic E-state index is 13.3. The van der Waals surface area contributed by atoms with Crippen LogP contribution in [0, 0.1) is 0 Å². The predicted molar refractivity (Wildman–Crippen MR) is 143 cm³/mol. The van der Waals surface area contributed by atoms with Gasteiger partial charge in [-0.3, -0.25) is 19.8 Å². The Labute approximate surface area is 227 Å². The van der Waals surface area contributed by atoms with Crippen LogP contribution in [-0.2, 0) is 16.2 Å². The molecule has 0 atom stereocenters. The molecule has 3 aromatic rings. The summed E-state index contributed by atoms with van der Waals surface area (Å²) in [7, 11) is 1.46. The number of carboxylic acids is 1. The summed E-state index contributed by atoms with van der Waals surface area (Å²) in [5, 5.41) is 11.8. The molecule has 8 nitrogen and oxygen atoms in total. The van der Waals surface area contributed by atoms with Gasteiger partial charge < -0.3 is 14.6 Å². The number of carboxylic acid groups (broad SMARTS) is 1. The van der Waals surface area contributed by atoms with Gasteiger partial charge in [0, 0.05) is 0 Å². The van der Waals surface area contributed by atoms with E-state index in [1.165, 1.54) is 25.3 Å². The van der Waals surface area contributed by atoms with Crippen molar-refractivity contribution in [3.05, 3.63) is 93.0 Å². The molecule has 3 aromatic carbocycles. The molecular weight excluding hydrogens is 539 g/mol. The van der Waals surface area contributed by atoms with E-state index >= 15 is 0 Å². The largest absolute Gasteiger partial charge is 0.493 e. The van der Waals surface area contributed by atoms with Gasteiger partial charge in [0.05, 0.1) is 28.4 Å². The number of hydrogen-bond acceptors (Lipinski definition) is 6. The Kier molecular flexibility index (Phi) is 7.77. The summed E-state index contributed by atoms with van der Waals surface area (Å²) in [6, 6.07) is 16.0. The van der Waals surface area contributed by atoms with E-state index in [9.17, 15) is 14.4 Å². The summed E-state index contributed by atoms with van der Waals surface area (Å²) in [4.78, 5) is 38.0. The summed E-state index contributed by atoms with van der Waals surface area (Å²) >= 11 is 17.6. The zero-order valence-electron chi connectivity index (χ0n) is 19.2. The zero-order valence-corrected chi connectivity index (χ0v) is 21.5. The van der Waals surface area contributed by atoms with Crippen molar-refractivity contribution in [3.8, 4) is 11.5 Å². The van der Waals surface area contributed by atoms with Gasteiger partial charge in [0.1, 0.15) is 12.2 Å². The number of benzene rings is 3. The van der Waals surface area contributed by atoms with Gasteiger partial charge in [0.15, 0.2) is 16.6 Å². The van der Waals surface area contributed by atoms with E-state index < -0.39 is 17.8 Å². The highest BCUT2D eigenvalue weighted by Gasteiger charge is 2.35. The number of methoxy groups -OCH3 is 1. The maximum atomic E-state index is 13.3. The molecule has 2 N–H and O–H groups in total. The fourth-order valence-corrected chi connectivity index (χ4v) is 4.16. The summed E-state index contributed by atoms with van der Waals surface area (Å²) in [5.74, 6) is -1.55. The monoisotopic (exact) mass is 556 g/mol. The van der Waals surface area contributed by atoms with Gasteiger partial charge in [-0.25, -0.2) is 4.79 Å². The first-order valence-corrected chi connectivity index (χ1v) is 11.8. The van der Waals surface area contributed by atoms with E-state index in [4.69, 9.17) is 50.0 Å². The molecule has 4 rings (SSSR count). The van der Waals surface area contributed by atoms with Crippen molar-refractivity contribution in [3.63, 3.8) is 0 Å². The number of nitrogens with one attached hydrogen (secondary N) is 1. The lowest BCUT2D eigenvalue weighted by molar-refractivity contribution is -0.122. The molecule has 1 saturated heterocycles. The van der Waals surface area contributed by atoms with Gasteiger partial charge in [-0.2, -0.15) is 0 Å². The number of anilines is 1. The Morgan fingerprint density at radius 1 is 1.08 bits per heavy atom. The molecular formula is C26H18Cl2N2O6S. The SMILES string of the molecule is COc1cc(C=C2C(=O)NC(=S)N(c3cccc(Cl)c3Cl)C2=O)ccc1OCc1ccc(C(=O)O)cc1. The topological polar surface area (TPSA) is 105 Å². The van der Waals surface area contributed by atoms with Gasteiger partial charge in [-0.05, 0) is 65.8 Å². The molecule has 0 aromatic heterocycles. The van der Waals surface area contributed by atoms with E-state index in [1.807, 2.05) is 0 Å². The van der Waals surface area contributed by atoms with Crippen LogP contribution in [0.5, 0.6) is 11.5 Å². The summed E-state index contributed by atoms with van der Waals surface area (Å²) < 4.78 is 11.2. The number of thiocarbonyl (C=S) groups is 1. The molecule has 11 heteroatoms. The predicted octanol–water partition coefficient (Wildman–Crippen LogP) is 5.11. The van der Waals surface area contributed by atoms with Crippen molar-refractivity contribution in [1.29, 1.82) is 0 Å². The minimum atomic E-state index is -1.01. The smallest absolute Gasteiger partial charge is 0.335 e. The molecule has 0 spiro atoms. The normalized spacial score (nSPS) is 14.5. The van der Waals surface area contributed by atoms with Crippen LogP contribution >= 0.6 is 35.4 Å². The second-order valence-corrected chi connectivity index (χ2v) is 8.90. The third-order valence-electron chi connectivity index (χ3n) is 5.37. The van der Waals surface area contributed by atoms with Gasteiger partial charge in [0.2, 0.25) is 0 Å². The highest BCUT2D eigenvalue weighted by atomic mass is 35.5. The van der Waals surface area contributed by atoms with E-state index in [0.29, 0.717) is 17.1 Å². The van der Waals surface area contributed by atoms with Gasteiger partial charge >= 0.3 is 5.97 Å². The Morgan fingerprint density at radius 2 is 1.81 bits per heavy atom. The van der Waals surface area contributed by atoms with E-state index in [-0.39, 0.29) is 38.6 Å². The molecule has 0 aliphatic carbocycles. The zero-order chi connectivity index (χ0) is 26.7. The van der Waals surface area contributed by atoms with Crippen molar-refractivity contribution in [2.24, 2.45) is 0 Å². The van der Waals surface area contributed by atoms with Gasteiger partial charge in [0.25, 0.3) is 11.8 Å². The number of ether oxygens (including phenoxy) is 2. The Bertz CT molecular complexity index is 1460. The van der Waals surface area contributed by atoms with Crippen molar-refractivity contribution < 1.29 is 29.0 Å². The van der Waals surface area contributed by atoms with Crippen LogP contribution in [0.2, 0.25) is 10.0 Å². The lowest BCUT2D eigenvalue weighted by Gasteiger charge is -2.29. The summed E-state index contributed by atoms with van der Waals surface area (Å²) in [6.07, 6.45) is 1.40. The standard InChI is InChI=1S/C26H18Cl2N2O6S/c1-35-21-12-15(7-10-20(21)36-13-14-5-8-16(9-6-14)25(33)34)11-17-23(31)29-26(37)30(24(17)32)19-4-2-3-18(27)22(19)28/h2-12H,13H2,1H3,(H,33,34)(H,29,31,37). The summed E-state index contributed by atoms with van der Waals surface area (Å²) in [5.41, 5.74) is 1.51. The molecule has 0 saturated carbocycles. The van der Waals surface area contributed by atoms with Crippen LogP contribution in [0.3, 0.4) is 0 Å². The van der Waals surface area contributed by atoms with Crippen molar-refractivity contribution in [2.45, 2.75) is 6.61 Å². The second kappa shape index (κ2) is 11.0. The molecule has 0 unspecified atom stereocenters. The number of rotatable bonds is 7. The average Bonchev–Trinajstić information content (AvgIpc) is 2.88. The second-order valence-electron chi connectivity index (χ2n) is 7.73. The fraction of sp³-hybridized carbons (Fsp3) is 0.0769. The number of carbonyl (C=O) groups excluding carboxylic acids is 2. The highest BCUT2D eigenvalue weighted by Crippen LogP contribution is 2.35. The minimum absolute atomic E-state index is 0.117. The number of hydrogen-bond donors (Lipinski definition) is 2. The maximum Gasteiger partial charge on any atom is 0.335 e.